The van der Waals surface area contributed by atoms with Crippen LogP contribution in [0, 0.1) is 17.7 Å². The number of hydrogen-bond donors (Lipinski definition) is 2. The number of ketones is 1. The molecule has 54 heavy (non-hydrogen) atoms. The molecule has 0 spiro atoms. The summed E-state index contributed by atoms with van der Waals surface area (Å²) in [7, 11) is -4.40. The number of ether oxygens (including phenoxy) is 2. The number of sulfonamides is 1. The van der Waals surface area contributed by atoms with Gasteiger partial charge in [0.05, 0.1) is 23.1 Å². The van der Waals surface area contributed by atoms with E-state index in [-0.39, 0.29) is 53.3 Å². The van der Waals surface area contributed by atoms with Crippen LogP contribution in [0.2, 0.25) is 0 Å². The second kappa shape index (κ2) is 17.7. The van der Waals surface area contributed by atoms with Gasteiger partial charge in [0.15, 0.2) is 5.78 Å². The number of halogens is 1. The van der Waals surface area contributed by atoms with Gasteiger partial charge < -0.3 is 14.9 Å². The van der Waals surface area contributed by atoms with E-state index in [1.54, 1.807) is 60.7 Å². The molecule has 0 saturated heterocycles. The molecular weight excluding hydrogens is 710 g/mol. The number of esters is 1. The minimum Gasteiger partial charge on any atom is -0.457 e. The lowest BCUT2D eigenvalue weighted by Gasteiger charge is -2.26. The largest absolute Gasteiger partial charge is 0.457 e. The Hall–Kier alpha value is -5.33. The van der Waals surface area contributed by atoms with E-state index in [9.17, 15) is 22.8 Å². The number of benzene rings is 4. The molecule has 0 saturated carbocycles. The van der Waals surface area contributed by atoms with Gasteiger partial charge in [0.25, 0.3) is 10.0 Å². The van der Waals surface area contributed by atoms with Gasteiger partial charge in [0.2, 0.25) is 0 Å². The van der Waals surface area contributed by atoms with Crippen molar-refractivity contribution in [3.8, 4) is 11.1 Å². The third-order valence-corrected chi connectivity index (χ3v) is 10.2. The summed E-state index contributed by atoms with van der Waals surface area (Å²) >= 11 is 0. The Balaban J connectivity index is 1.37. The van der Waals surface area contributed by atoms with Crippen molar-refractivity contribution >= 4 is 27.9 Å². The highest BCUT2D eigenvalue weighted by Gasteiger charge is 2.38. The molecule has 2 N–H and O–H groups in total. The molecule has 1 atom stereocenters. The second-order valence-electron chi connectivity index (χ2n) is 13.9. The Labute approximate surface area is 316 Å². The highest BCUT2D eigenvalue weighted by Crippen LogP contribution is 2.33. The minimum absolute atomic E-state index is 0.00263. The number of allylic oxidation sites excluding steroid dienone is 1. The maximum atomic E-state index is 16.0. The molecule has 1 aliphatic heterocycles. The summed E-state index contributed by atoms with van der Waals surface area (Å²) in [5.74, 6) is -1.39. The highest BCUT2D eigenvalue weighted by molar-refractivity contribution is 7.90. The first-order chi connectivity index (χ1) is 25.8. The van der Waals surface area contributed by atoms with Gasteiger partial charge in [-0.3, -0.25) is 4.79 Å². The molecule has 0 bridgehead atoms. The van der Waals surface area contributed by atoms with Crippen molar-refractivity contribution in [2.75, 3.05) is 13.2 Å². The van der Waals surface area contributed by atoms with Crippen LogP contribution in [0.5, 0.6) is 0 Å². The van der Waals surface area contributed by atoms with Gasteiger partial charge in [-0.15, -0.1) is 0 Å². The molecule has 4 aromatic rings. The maximum absolute atomic E-state index is 16.0. The zero-order valence-corrected chi connectivity index (χ0v) is 31.9. The third-order valence-electron chi connectivity index (χ3n) is 8.82. The van der Waals surface area contributed by atoms with E-state index in [2.05, 4.69) is 5.43 Å². The standard InChI is InChI=1S/C42H46FN3O7S/c1-6-21-46-36(24-29-19-20-33(35(43)23-29)34-17-10-11-18-37(34)54(50,51)45-42(49)53-25-27(2)3)38(39(44-46)28(4)5)41(48)52-26-30-13-12-16-32(22-30)40(47)31-14-8-7-9-15-31/h7-20,22-23,27-28,36,44H,6,21,24-26H2,1-5H3,(H,45,49). The van der Waals surface area contributed by atoms with Crippen LogP contribution in [0.4, 0.5) is 9.18 Å². The number of nitrogens with zero attached hydrogens (tertiary/aromatic N) is 1. The number of nitrogens with one attached hydrogen (secondary N) is 2. The van der Waals surface area contributed by atoms with Gasteiger partial charge in [0.1, 0.15) is 12.4 Å². The van der Waals surface area contributed by atoms with Crippen molar-refractivity contribution in [1.82, 2.24) is 15.2 Å². The van der Waals surface area contributed by atoms with Crippen LogP contribution in [0.25, 0.3) is 11.1 Å². The van der Waals surface area contributed by atoms with Crippen LogP contribution in [0.1, 0.15) is 68.1 Å². The Morgan fingerprint density at radius 1 is 0.833 bits per heavy atom. The zero-order valence-electron chi connectivity index (χ0n) is 31.1. The summed E-state index contributed by atoms with van der Waals surface area (Å²) in [6, 6.07) is 25.8. The molecule has 1 aliphatic rings. The summed E-state index contributed by atoms with van der Waals surface area (Å²) in [6.07, 6.45) is -0.0995. The first-order valence-corrected chi connectivity index (χ1v) is 19.5. The molecular formula is C42H46FN3O7S. The topological polar surface area (TPSA) is 131 Å². The molecule has 5 rings (SSSR count). The van der Waals surface area contributed by atoms with Gasteiger partial charge in [-0.25, -0.2) is 32.1 Å². The van der Waals surface area contributed by atoms with Gasteiger partial charge in [-0.2, -0.15) is 0 Å². The first kappa shape index (κ1) is 39.9. The molecule has 12 heteroatoms. The van der Waals surface area contributed by atoms with Crippen molar-refractivity contribution in [2.45, 2.75) is 65.0 Å². The van der Waals surface area contributed by atoms with E-state index in [4.69, 9.17) is 9.47 Å². The van der Waals surface area contributed by atoms with Gasteiger partial charge in [-0.1, -0.05) is 113 Å². The van der Waals surface area contributed by atoms with Crippen LogP contribution in [-0.4, -0.2) is 50.5 Å². The number of rotatable bonds is 15. The predicted molar refractivity (Wildman–Crippen MR) is 204 cm³/mol. The maximum Gasteiger partial charge on any atom is 0.421 e. The van der Waals surface area contributed by atoms with Crippen molar-refractivity contribution in [2.24, 2.45) is 11.8 Å². The van der Waals surface area contributed by atoms with E-state index < -0.39 is 33.9 Å². The number of carbonyl (C=O) groups is 3. The number of hydrazine groups is 1. The lowest BCUT2D eigenvalue weighted by molar-refractivity contribution is -0.140. The fourth-order valence-corrected chi connectivity index (χ4v) is 7.37. The molecule has 0 radical (unpaired) electrons. The van der Waals surface area contributed by atoms with E-state index in [0.717, 1.165) is 6.42 Å². The molecule has 1 amide bonds. The molecule has 1 heterocycles. The Morgan fingerprint density at radius 2 is 1.54 bits per heavy atom. The van der Waals surface area contributed by atoms with Crippen molar-refractivity contribution in [3.63, 3.8) is 0 Å². The third kappa shape index (κ3) is 9.61. The Morgan fingerprint density at radius 3 is 2.22 bits per heavy atom. The van der Waals surface area contributed by atoms with Crippen molar-refractivity contribution < 1.29 is 36.7 Å². The molecule has 0 aromatic heterocycles. The average Bonchev–Trinajstić information content (AvgIpc) is 3.51. The summed E-state index contributed by atoms with van der Waals surface area (Å²) in [5.41, 5.74) is 6.92. The van der Waals surface area contributed by atoms with Crippen LogP contribution < -0.4 is 10.1 Å². The van der Waals surface area contributed by atoms with Crippen LogP contribution in [0.15, 0.2) is 113 Å². The number of carbonyl (C=O) groups excluding carboxylic acids is 3. The monoisotopic (exact) mass is 755 g/mol. The van der Waals surface area contributed by atoms with E-state index >= 15 is 4.39 Å². The first-order valence-electron chi connectivity index (χ1n) is 18.0. The zero-order chi connectivity index (χ0) is 39.0. The number of hydrogen-bond acceptors (Lipinski definition) is 9. The van der Waals surface area contributed by atoms with E-state index in [0.29, 0.717) is 40.1 Å². The van der Waals surface area contributed by atoms with Gasteiger partial charge in [-0.05, 0) is 54.0 Å². The lowest BCUT2D eigenvalue weighted by atomic mass is 9.94. The van der Waals surface area contributed by atoms with Crippen LogP contribution in [0.3, 0.4) is 0 Å². The molecule has 4 aromatic carbocycles. The Bertz CT molecular complexity index is 2130. The molecule has 10 nitrogen and oxygen atoms in total. The normalized spacial score (nSPS) is 14.6. The highest BCUT2D eigenvalue weighted by atomic mass is 32.2. The molecule has 0 fully saturated rings. The average molecular weight is 756 g/mol. The summed E-state index contributed by atoms with van der Waals surface area (Å²) in [6.45, 7) is 10.2. The van der Waals surface area contributed by atoms with E-state index in [1.807, 2.05) is 50.4 Å². The summed E-state index contributed by atoms with van der Waals surface area (Å²) in [5, 5.41) is 1.96. The molecule has 284 valence electrons. The fraction of sp³-hybridized carbons (Fsp3) is 0.310. The van der Waals surface area contributed by atoms with Crippen molar-refractivity contribution in [3.05, 3.63) is 136 Å². The SMILES string of the molecule is CCCN1NC(C(C)C)=C(C(=O)OCc2cccc(C(=O)c3ccccc3)c2)C1Cc1ccc(-c2ccccc2S(=O)(=O)NC(=O)OCC(C)C)c(F)c1. The number of amides is 1. The molecule has 0 aliphatic carbocycles. The fourth-order valence-electron chi connectivity index (χ4n) is 6.25. The van der Waals surface area contributed by atoms with Crippen LogP contribution >= 0.6 is 0 Å². The minimum atomic E-state index is -4.40. The lowest BCUT2D eigenvalue weighted by Crippen LogP contribution is -2.42. The summed E-state index contributed by atoms with van der Waals surface area (Å²) < 4.78 is 55.2. The summed E-state index contributed by atoms with van der Waals surface area (Å²) in [4.78, 5) is 38.9. The van der Waals surface area contributed by atoms with E-state index in [1.165, 1.54) is 30.3 Å². The smallest absolute Gasteiger partial charge is 0.421 e. The van der Waals surface area contributed by atoms with Gasteiger partial charge >= 0.3 is 12.1 Å². The second-order valence-corrected chi connectivity index (χ2v) is 15.5. The quantitative estimate of drug-likeness (QED) is 0.0931. The van der Waals surface area contributed by atoms with Crippen molar-refractivity contribution in [1.29, 1.82) is 0 Å². The van der Waals surface area contributed by atoms with Gasteiger partial charge in [0, 0.05) is 34.5 Å². The molecule has 1 unspecified atom stereocenters. The predicted octanol–water partition coefficient (Wildman–Crippen LogP) is 7.59. The van der Waals surface area contributed by atoms with Crippen LogP contribution in [-0.2, 0) is 37.3 Å². The Kier molecular flexibility index (Phi) is 13.0.